The fourth-order valence-electron chi connectivity index (χ4n) is 3.46. The third-order valence-corrected chi connectivity index (χ3v) is 5.17. The number of carbonyl (C=O) groups is 1. The van der Waals surface area contributed by atoms with Crippen LogP contribution in [0.25, 0.3) is 11.0 Å². The molecule has 0 saturated carbocycles. The second-order valence-corrected chi connectivity index (χ2v) is 7.16. The summed E-state index contributed by atoms with van der Waals surface area (Å²) < 4.78 is 5.54. The van der Waals surface area contributed by atoms with Crippen molar-refractivity contribution in [3.05, 3.63) is 70.9 Å². The standard InChI is InChI=1S/C21H21ClN2O2/c22-18-6-7-20-19(13-18)17(15-26-20)12-21(25)24-10-8-23(9-11-24)14-16-4-2-1-3-5-16/h1-7,13,15H,8-12,14H2. The summed E-state index contributed by atoms with van der Waals surface area (Å²) in [5.41, 5.74) is 2.98. The van der Waals surface area contributed by atoms with Crippen LogP contribution in [-0.2, 0) is 17.8 Å². The molecule has 1 fully saturated rings. The number of hydrogen-bond donors (Lipinski definition) is 0. The fraction of sp³-hybridized carbons (Fsp3) is 0.286. The molecule has 4 nitrogen and oxygen atoms in total. The van der Waals surface area contributed by atoms with E-state index in [4.69, 9.17) is 16.0 Å². The minimum Gasteiger partial charge on any atom is -0.464 e. The average Bonchev–Trinajstić information content (AvgIpc) is 3.05. The zero-order valence-corrected chi connectivity index (χ0v) is 15.3. The van der Waals surface area contributed by atoms with E-state index in [1.54, 1.807) is 12.3 Å². The summed E-state index contributed by atoms with van der Waals surface area (Å²) in [6.07, 6.45) is 2.02. The van der Waals surface area contributed by atoms with Crippen molar-refractivity contribution in [3.63, 3.8) is 0 Å². The van der Waals surface area contributed by atoms with E-state index in [9.17, 15) is 4.79 Å². The molecule has 3 aromatic rings. The highest BCUT2D eigenvalue weighted by molar-refractivity contribution is 6.31. The lowest BCUT2D eigenvalue weighted by Crippen LogP contribution is -2.48. The van der Waals surface area contributed by atoms with Gasteiger partial charge in [-0.3, -0.25) is 9.69 Å². The number of piperazine rings is 1. The maximum atomic E-state index is 12.7. The second kappa shape index (κ2) is 7.52. The van der Waals surface area contributed by atoms with Gasteiger partial charge in [0.1, 0.15) is 5.58 Å². The number of benzene rings is 2. The number of fused-ring (bicyclic) bond motifs is 1. The molecule has 1 aliphatic heterocycles. The molecule has 0 N–H and O–H groups in total. The van der Waals surface area contributed by atoms with E-state index in [1.807, 2.05) is 23.1 Å². The van der Waals surface area contributed by atoms with Gasteiger partial charge in [0, 0.05) is 48.7 Å². The van der Waals surface area contributed by atoms with Crippen LogP contribution in [0.15, 0.2) is 59.2 Å². The molecule has 1 saturated heterocycles. The van der Waals surface area contributed by atoms with Crippen LogP contribution in [-0.4, -0.2) is 41.9 Å². The minimum atomic E-state index is 0.145. The molecule has 1 amide bonds. The predicted molar refractivity (Wildman–Crippen MR) is 103 cm³/mol. The molecule has 0 spiro atoms. The first-order valence-electron chi connectivity index (χ1n) is 8.89. The third kappa shape index (κ3) is 3.76. The Morgan fingerprint density at radius 2 is 1.81 bits per heavy atom. The lowest BCUT2D eigenvalue weighted by molar-refractivity contribution is -0.132. The molecule has 2 heterocycles. The summed E-state index contributed by atoms with van der Waals surface area (Å²) in [4.78, 5) is 17.0. The lowest BCUT2D eigenvalue weighted by Gasteiger charge is -2.34. The van der Waals surface area contributed by atoms with Crippen LogP contribution in [0.5, 0.6) is 0 Å². The van der Waals surface area contributed by atoms with Crippen molar-refractivity contribution < 1.29 is 9.21 Å². The summed E-state index contributed by atoms with van der Waals surface area (Å²) in [6.45, 7) is 4.27. The van der Waals surface area contributed by atoms with Crippen molar-refractivity contribution >= 4 is 28.5 Å². The molecule has 5 heteroatoms. The van der Waals surface area contributed by atoms with Gasteiger partial charge >= 0.3 is 0 Å². The van der Waals surface area contributed by atoms with Gasteiger partial charge in [0.05, 0.1) is 12.7 Å². The molecule has 134 valence electrons. The Bertz CT molecular complexity index is 899. The highest BCUT2D eigenvalue weighted by atomic mass is 35.5. The molecule has 1 aliphatic rings. The first-order valence-corrected chi connectivity index (χ1v) is 9.26. The molecule has 4 rings (SSSR count). The summed E-state index contributed by atoms with van der Waals surface area (Å²) in [5.74, 6) is 0.145. The monoisotopic (exact) mass is 368 g/mol. The van der Waals surface area contributed by atoms with Crippen molar-refractivity contribution in [2.45, 2.75) is 13.0 Å². The summed E-state index contributed by atoms with van der Waals surface area (Å²) >= 11 is 6.07. The summed E-state index contributed by atoms with van der Waals surface area (Å²) in [5, 5.41) is 1.58. The van der Waals surface area contributed by atoms with Crippen LogP contribution in [0.2, 0.25) is 5.02 Å². The maximum Gasteiger partial charge on any atom is 0.227 e. The molecular formula is C21H21ClN2O2. The van der Waals surface area contributed by atoms with Gasteiger partial charge in [-0.15, -0.1) is 0 Å². The van der Waals surface area contributed by atoms with Gasteiger partial charge in [-0.1, -0.05) is 41.9 Å². The van der Waals surface area contributed by atoms with Crippen molar-refractivity contribution in [2.24, 2.45) is 0 Å². The molecule has 0 aliphatic carbocycles. The third-order valence-electron chi connectivity index (χ3n) is 4.93. The second-order valence-electron chi connectivity index (χ2n) is 6.72. The van der Waals surface area contributed by atoms with Gasteiger partial charge in [0.2, 0.25) is 5.91 Å². The van der Waals surface area contributed by atoms with Gasteiger partial charge < -0.3 is 9.32 Å². The SMILES string of the molecule is O=C(Cc1coc2ccc(Cl)cc12)N1CCN(Cc2ccccc2)CC1. The summed E-state index contributed by atoms with van der Waals surface area (Å²) in [7, 11) is 0. The highest BCUT2D eigenvalue weighted by Crippen LogP contribution is 2.25. The van der Waals surface area contributed by atoms with Crippen molar-refractivity contribution in [3.8, 4) is 0 Å². The van der Waals surface area contributed by atoms with Gasteiger partial charge in [0.15, 0.2) is 0 Å². The van der Waals surface area contributed by atoms with Crippen LogP contribution < -0.4 is 0 Å². The minimum absolute atomic E-state index is 0.145. The number of nitrogens with zero attached hydrogens (tertiary/aromatic N) is 2. The largest absolute Gasteiger partial charge is 0.464 e. The molecule has 0 radical (unpaired) electrons. The van der Waals surface area contributed by atoms with Gasteiger partial charge in [-0.05, 0) is 23.8 Å². The van der Waals surface area contributed by atoms with E-state index in [0.717, 1.165) is 49.3 Å². The number of carbonyl (C=O) groups excluding carboxylic acids is 1. The van der Waals surface area contributed by atoms with Crippen LogP contribution in [0.1, 0.15) is 11.1 Å². The quantitative estimate of drug-likeness (QED) is 0.699. The Labute approximate surface area is 157 Å². The zero-order chi connectivity index (χ0) is 17.9. The Balaban J connectivity index is 1.35. The average molecular weight is 369 g/mol. The fourth-order valence-corrected chi connectivity index (χ4v) is 3.63. The number of halogens is 1. The first-order chi connectivity index (χ1) is 12.7. The van der Waals surface area contributed by atoms with E-state index in [0.29, 0.717) is 11.4 Å². The number of furan rings is 1. The highest BCUT2D eigenvalue weighted by Gasteiger charge is 2.22. The molecule has 0 unspecified atom stereocenters. The van der Waals surface area contributed by atoms with Crippen LogP contribution >= 0.6 is 11.6 Å². The Hall–Kier alpha value is -2.30. The van der Waals surface area contributed by atoms with E-state index < -0.39 is 0 Å². The smallest absolute Gasteiger partial charge is 0.227 e. The van der Waals surface area contributed by atoms with E-state index in [1.165, 1.54) is 5.56 Å². The molecule has 26 heavy (non-hydrogen) atoms. The number of hydrogen-bond acceptors (Lipinski definition) is 3. The van der Waals surface area contributed by atoms with Gasteiger partial charge in [0.25, 0.3) is 0 Å². The van der Waals surface area contributed by atoms with Gasteiger partial charge in [-0.25, -0.2) is 0 Å². The summed E-state index contributed by atoms with van der Waals surface area (Å²) in [6, 6.07) is 16.0. The lowest BCUT2D eigenvalue weighted by atomic mass is 10.1. The Morgan fingerprint density at radius 1 is 1.04 bits per heavy atom. The van der Waals surface area contributed by atoms with E-state index >= 15 is 0 Å². The van der Waals surface area contributed by atoms with Gasteiger partial charge in [-0.2, -0.15) is 0 Å². The van der Waals surface area contributed by atoms with E-state index in [2.05, 4.69) is 29.2 Å². The first kappa shape index (κ1) is 17.1. The molecule has 0 bridgehead atoms. The van der Waals surface area contributed by atoms with Crippen LogP contribution in [0.3, 0.4) is 0 Å². The molecule has 0 atom stereocenters. The zero-order valence-electron chi connectivity index (χ0n) is 14.5. The molecule has 2 aromatic carbocycles. The predicted octanol–water partition coefficient (Wildman–Crippen LogP) is 3.97. The Kier molecular flexibility index (Phi) is 4.96. The topological polar surface area (TPSA) is 36.7 Å². The maximum absolute atomic E-state index is 12.7. The van der Waals surface area contributed by atoms with Crippen LogP contribution in [0, 0.1) is 0 Å². The number of rotatable bonds is 4. The van der Waals surface area contributed by atoms with E-state index in [-0.39, 0.29) is 5.91 Å². The van der Waals surface area contributed by atoms with Crippen molar-refractivity contribution in [1.29, 1.82) is 0 Å². The Morgan fingerprint density at radius 3 is 2.58 bits per heavy atom. The van der Waals surface area contributed by atoms with Crippen molar-refractivity contribution in [2.75, 3.05) is 26.2 Å². The van der Waals surface area contributed by atoms with Crippen LogP contribution in [0.4, 0.5) is 0 Å². The number of amides is 1. The van der Waals surface area contributed by atoms with Crippen molar-refractivity contribution in [1.82, 2.24) is 9.80 Å². The normalized spacial score (nSPS) is 15.5. The molecular weight excluding hydrogens is 348 g/mol. The molecule has 1 aromatic heterocycles.